The van der Waals surface area contributed by atoms with Crippen LogP contribution in [-0.4, -0.2) is 18.5 Å². The fourth-order valence-electron chi connectivity index (χ4n) is 1.45. The molecular weight excluding hydrogens is 299 g/mol. The Balaban J connectivity index is 2.31. The van der Waals surface area contributed by atoms with Crippen LogP contribution in [0.15, 0.2) is 30.9 Å². The Morgan fingerprint density at radius 2 is 2.00 bits per heavy atom. The second kappa shape index (κ2) is 9.13. The molecular formula is C15H16ClFO4. The monoisotopic (exact) mass is 314 g/mol. The number of hydrogen-bond acceptors (Lipinski definition) is 4. The summed E-state index contributed by atoms with van der Waals surface area (Å²) in [5.41, 5.74) is 0. The van der Waals surface area contributed by atoms with E-state index >= 15 is 0 Å². The van der Waals surface area contributed by atoms with Crippen LogP contribution in [0.3, 0.4) is 0 Å². The normalized spacial score (nSPS) is 10.0. The number of hydrogen-bond donors (Lipinski definition) is 0. The predicted molar refractivity (Wildman–Crippen MR) is 76.7 cm³/mol. The van der Waals surface area contributed by atoms with E-state index in [0.717, 1.165) is 6.07 Å². The lowest BCUT2D eigenvalue weighted by molar-refractivity contribution is -0.143. The highest BCUT2D eigenvalue weighted by Crippen LogP contribution is 2.27. The van der Waals surface area contributed by atoms with Crippen LogP contribution in [0.5, 0.6) is 5.75 Å². The van der Waals surface area contributed by atoms with Gasteiger partial charge in [-0.1, -0.05) is 23.7 Å². The lowest BCUT2D eigenvalue weighted by Gasteiger charge is -2.07. The number of rotatable bonds is 8. The van der Waals surface area contributed by atoms with Gasteiger partial charge in [-0.2, -0.15) is 0 Å². The van der Waals surface area contributed by atoms with Gasteiger partial charge in [0.15, 0.2) is 11.6 Å². The summed E-state index contributed by atoms with van der Waals surface area (Å²) in [5, 5.41) is 0.0205. The van der Waals surface area contributed by atoms with Crippen molar-refractivity contribution in [1.82, 2.24) is 0 Å². The molecule has 0 atom stereocenters. The van der Waals surface area contributed by atoms with E-state index in [1.165, 1.54) is 12.1 Å². The summed E-state index contributed by atoms with van der Waals surface area (Å²) in [4.78, 5) is 22.8. The molecule has 0 spiro atoms. The highest BCUT2D eigenvalue weighted by molar-refractivity contribution is 6.32. The largest absolute Gasteiger partial charge is 0.465 e. The molecule has 0 radical (unpaired) electrons. The maximum absolute atomic E-state index is 13.4. The molecule has 0 unspecified atom stereocenters. The zero-order chi connectivity index (χ0) is 15.7. The molecule has 0 aliphatic rings. The van der Waals surface area contributed by atoms with Gasteiger partial charge in [0.2, 0.25) is 0 Å². The van der Waals surface area contributed by atoms with E-state index in [0.29, 0.717) is 6.42 Å². The molecule has 0 fully saturated rings. The third-order valence-corrected chi connectivity index (χ3v) is 2.78. The van der Waals surface area contributed by atoms with Crippen molar-refractivity contribution < 1.29 is 23.5 Å². The first-order valence-electron chi connectivity index (χ1n) is 6.45. The third-order valence-electron chi connectivity index (χ3n) is 2.48. The van der Waals surface area contributed by atoms with Crippen molar-refractivity contribution >= 4 is 23.5 Å². The summed E-state index contributed by atoms with van der Waals surface area (Å²) in [6.45, 7) is 3.78. The van der Waals surface area contributed by atoms with Crippen LogP contribution in [0.2, 0.25) is 5.02 Å². The Hall–Kier alpha value is -1.88. The summed E-state index contributed by atoms with van der Waals surface area (Å²) in [6, 6.07) is 3.98. The standard InChI is InChI=1S/C15H16ClFO4/c1-2-3-10-20-13(18)8-5-9-14(19)21-15-11(16)6-4-7-12(15)17/h2,4,6-7H,1,3,5,8-10H2. The Bertz CT molecular complexity index is 496. The van der Waals surface area contributed by atoms with Gasteiger partial charge >= 0.3 is 11.9 Å². The van der Waals surface area contributed by atoms with Gasteiger partial charge in [0.05, 0.1) is 11.6 Å². The topological polar surface area (TPSA) is 52.6 Å². The van der Waals surface area contributed by atoms with Gasteiger partial charge in [0.1, 0.15) is 0 Å². The van der Waals surface area contributed by atoms with Crippen molar-refractivity contribution in [3.63, 3.8) is 0 Å². The molecule has 114 valence electrons. The van der Waals surface area contributed by atoms with Gasteiger partial charge in [-0.05, 0) is 25.0 Å². The van der Waals surface area contributed by atoms with Crippen LogP contribution in [0.1, 0.15) is 25.7 Å². The number of ether oxygens (including phenoxy) is 2. The van der Waals surface area contributed by atoms with Crippen molar-refractivity contribution in [1.29, 1.82) is 0 Å². The zero-order valence-corrected chi connectivity index (χ0v) is 12.2. The second-order valence-corrected chi connectivity index (χ2v) is 4.58. The van der Waals surface area contributed by atoms with Gasteiger partial charge in [0.25, 0.3) is 0 Å². The lowest BCUT2D eigenvalue weighted by atomic mass is 10.2. The average Bonchev–Trinajstić information content (AvgIpc) is 2.43. The Kier molecular flexibility index (Phi) is 7.46. The minimum atomic E-state index is -0.709. The van der Waals surface area contributed by atoms with E-state index in [9.17, 15) is 14.0 Å². The van der Waals surface area contributed by atoms with E-state index in [-0.39, 0.29) is 36.6 Å². The maximum Gasteiger partial charge on any atom is 0.311 e. The molecule has 1 rings (SSSR count). The summed E-state index contributed by atoms with van der Waals surface area (Å²) in [7, 11) is 0. The van der Waals surface area contributed by atoms with Crippen LogP contribution in [0, 0.1) is 5.82 Å². The van der Waals surface area contributed by atoms with Gasteiger partial charge in [-0.3, -0.25) is 9.59 Å². The van der Waals surface area contributed by atoms with E-state index in [1.54, 1.807) is 6.08 Å². The predicted octanol–water partition coefficient (Wildman–Crippen LogP) is 3.67. The van der Waals surface area contributed by atoms with Gasteiger partial charge < -0.3 is 9.47 Å². The minimum absolute atomic E-state index is 0.0205. The molecule has 4 nitrogen and oxygen atoms in total. The van der Waals surface area contributed by atoms with Crippen LogP contribution in [-0.2, 0) is 14.3 Å². The molecule has 21 heavy (non-hydrogen) atoms. The summed E-state index contributed by atoms with van der Waals surface area (Å²) >= 11 is 5.73. The summed E-state index contributed by atoms with van der Waals surface area (Å²) < 4.78 is 23.1. The van der Waals surface area contributed by atoms with Crippen molar-refractivity contribution in [2.24, 2.45) is 0 Å². The molecule has 0 aliphatic carbocycles. The fraction of sp³-hybridized carbons (Fsp3) is 0.333. The third kappa shape index (κ3) is 6.40. The van der Waals surface area contributed by atoms with Crippen LogP contribution in [0.4, 0.5) is 4.39 Å². The van der Waals surface area contributed by atoms with Crippen LogP contribution in [0.25, 0.3) is 0 Å². The van der Waals surface area contributed by atoms with Gasteiger partial charge in [-0.15, -0.1) is 6.58 Å². The molecule has 0 saturated heterocycles. The number of benzene rings is 1. The highest BCUT2D eigenvalue weighted by Gasteiger charge is 2.13. The summed E-state index contributed by atoms with van der Waals surface area (Å²) in [5.74, 6) is -2.05. The molecule has 0 bridgehead atoms. The van der Waals surface area contributed by atoms with Crippen molar-refractivity contribution in [2.45, 2.75) is 25.7 Å². The number of halogens is 2. The minimum Gasteiger partial charge on any atom is -0.465 e. The van der Waals surface area contributed by atoms with E-state index in [4.69, 9.17) is 21.1 Å². The fourth-order valence-corrected chi connectivity index (χ4v) is 1.65. The molecule has 6 heteroatoms. The molecule has 1 aromatic rings. The summed E-state index contributed by atoms with van der Waals surface area (Å²) in [6.07, 6.45) is 2.55. The number of para-hydroxylation sites is 1. The average molecular weight is 315 g/mol. The molecule has 0 heterocycles. The SMILES string of the molecule is C=CCCOC(=O)CCCC(=O)Oc1c(F)cccc1Cl. The first kappa shape index (κ1) is 17.2. The molecule has 0 aromatic heterocycles. The van der Waals surface area contributed by atoms with Gasteiger partial charge in [-0.25, -0.2) is 4.39 Å². The molecule has 0 N–H and O–H groups in total. The molecule has 0 aliphatic heterocycles. The van der Waals surface area contributed by atoms with Crippen molar-refractivity contribution in [2.75, 3.05) is 6.61 Å². The van der Waals surface area contributed by atoms with Crippen molar-refractivity contribution in [3.05, 3.63) is 41.7 Å². The number of carbonyl (C=O) groups is 2. The smallest absolute Gasteiger partial charge is 0.311 e. The van der Waals surface area contributed by atoms with Crippen LogP contribution >= 0.6 is 11.6 Å². The lowest BCUT2D eigenvalue weighted by Crippen LogP contribution is -2.11. The quantitative estimate of drug-likeness (QED) is 0.318. The van der Waals surface area contributed by atoms with E-state index < -0.39 is 17.8 Å². The Morgan fingerprint density at radius 3 is 2.67 bits per heavy atom. The van der Waals surface area contributed by atoms with E-state index in [1.807, 2.05) is 0 Å². The van der Waals surface area contributed by atoms with Crippen LogP contribution < -0.4 is 4.74 Å². The molecule has 0 amide bonds. The number of carbonyl (C=O) groups excluding carboxylic acids is 2. The molecule has 0 saturated carbocycles. The first-order chi connectivity index (χ1) is 10.0. The Morgan fingerprint density at radius 1 is 1.29 bits per heavy atom. The number of esters is 2. The van der Waals surface area contributed by atoms with Gasteiger partial charge in [0, 0.05) is 12.8 Å². The Labute approximate surface area is 127 Å². The second-order valence-electron chi connectivity index (χ2n) is 4.18. The van der Waals surface area contributed by atoms with Crippen molar-refractivity contribution in [3.8, 4) is 5.75 Å². The maximum atomic E-state index is 13.4. The highest BCUT2D eigenvalue weighted by atomic mass is 35.5. The zero-order valence-electron chi connectivity index (χ0n) is 11.4. The first-order valence-corrected chi connectivity index (χ1v) is 6.83. The molecule has 1 aromatic carbocycles. The van der Waals surface area contributed by atoms with E-state index in [2.05, 4.69) is 6.58 Å².